The Morgan fingerprint density at radius 2 is 1.85 bits per heavy atom. The lowest BCUT2D eigenvalue weighted by molar-refractivity contribution is 0.545. The molecule has 0 aliphatic rings. The molecule has 0 aromatic heterocycles. The molecule has 2 aromatic rings. The second-order valence-corrected chi connectivity index (χ2v) is 5.80. The molecule has 0 aliphatic heterocycles. The van der Waals surface area contributed by atoms with Crippen molar-refractivity contribution in [2.45, 2.75) is 10.9 Å². The van der Waals surface area contributed by atoms with E-state index in [1.807, 2.05) is 24.3 Å². The summed E-state index contributed by atoms with van der Waals surface area (Å²) >= 11 is 7.41. The van der Waals surface area contributed by atoms with E-state index in [2.05, 4.69) is 5.32 Å². The summed E-state index contributed by atoms with van der Waals surface area (Å²) in [6, 6.07) is 10.9. The van der Waals surface area contributed by atoms with Crippen LogP contribution < -0.4 is 5.32 Å². The van der Waals surface area contributed by atoms with E-state index in [1.165, 1.54) is 12.1 Å². The van der Waals surface area contributed by atoms with Gasteiger partial charge in [0.25, 0.3) is 0 Å². The van der Waals surface area contributed by atoms with E-state index in [1.54, 1.807) is 18.8 Å². The standard InChI is InChI=1S/C15H14ClF2NS/c1-19-15(13-7-4-11(17)8-14(13)18)9-20-12-5-2-10(16)3-6-12/h2-8,15,19H,9H2,1H3. The van der Waals surface area contributed by atoms with Crippen LogP contribution in [0.15, 0.2) is 47.4 Å². The van der Waals surface area contributed by atoms with Crippen LogP contribution >= 0.6 is 23.4 Å². The number of nitrogens with one attached hydrogen (secondary N) is 1. The normalized spacial score (nSPS) is 12.4. The third-order valence-corrected chi connectivity index (χ3v) is 4.27. The van der Waals surface area contributed by atoms with Crippen molar-refractivity contribution < 1.29 is 8.78 Å². The highest BCUT2D eigenvalue weighted by Crippen LogP contribution is 2.27. The Balaban J connectivity index is 2.07. The maximum atomic E-state index is 13.8. The summed E-state index contributed by atoms with van der Waals surface area (Å²) in [5.41, 5.74) is 0.468. The molecular formula is C15H14ClF2NS. The Morgan fingerprint density at radius 3 is 2.45 bits per heavy atom. The van der Waals surface area contributed by atoms with Gasteiger partial charge in [-0.1, -0.05) is 17.7 Å². The first-order chi connectivity index (χ1) is 9.60. The monoisotopic (exact) mass is 313 g/mol. The molecule has 0 spiro atoms. The number of rotatable bonds is 5. The van der Waals surface area contributed by atoms with Gasteiger partial charge in [-0.3, -0.25) is 0 Å². The zero-order valence-electron chi connectivity index (χ0n) is 10.9. The van der Waals surface area contributed by atoms with Crippen LogP contribution in [0.5, 0.6) is 0 Å². The van der Waals surface area contributed by atoms with Crippen LogP contribution in [-0.4, -0.2) is 12.8 Å². The summed E-state index contributed by atoms with van der Waals surface area (Å²) in [7, 11) is 1.76. The van der Waals surface area contributed by atoms with E-state index in [0.29, 0.717) is 16.3 Å². The fourth-order valence-corrected chi connectivity index (χ4v) is 2.98. The number of thioether (sulfide) groups is 1. The molecule has 1 unspecified atom stereocenters. The van der Waals surface area contributed by atoms with Gasteiger partial charge in [0.2, 0.25) is 0 Å². The maximum Gasteiger partial charge on any atom is 0.130 e. The molecule has 20 heavy (non-hydrogen) atoms. The summed E-state index contributed by atoms with van der Waals surface area (Å²) in [6.07, 6.45) is 0. The van der Waals surface area contributed by atoms with Crippen molar-refractivity contribution in [3.63, 3.8) is 0 Å². The predicted molar refractivity (Wildman–Crippen MR) is 80.3 cm³/mol. The number of halogens is 3. The molecule has 106 valence electrons. The van der Waals surface area contributed by atoms with Crippen LogP contribution in [0, 0.1) is 11.6 Å². The lowest BCUT2D eigenvalue weighted by atomic mass is 10.1. The molecule has 1 nitrogen and oxygen atoms in total. The van der Waals surface area contributed by atoms with E-state index < -0.39 is 11.6 Å². The molecule has 0 saturated carbocycles. The number of hydrogen-bond donors (Lipinski definition) is 1. The first-order valence-corrected chi connectivity index (χ1v) is 7.47. The Kier molecular flexibility index (Phi) is 5.40. The van der Waals surface area contributed by atoms with Crippen molar-refractivity contribution in [3.8, 4) is 0 Å². The van der Waals surface area contributed by atoms with Crippen LogP contribution in [0.2, 0.25) is 5.02 Å². The van der Waals surface area contributed by atoms with Gasteiger partial charge >= 0.3 is 0 Å². The fraction of sp³-hybridized carbons (Fsp3) is 0.200. The summed E-state index contributed by atoms with van der Waals surface area (Å²) < 4.78 is 26.7. The molecular weight excluding hydrogens is 300 g/mol. The second kappa shape index (κ2) is 7.07. The van der Waals surface area contributed by atoms with Crippen LogP contribution in [0.25, 0.3) is 0 Å². The minimum absolute atomic E-state index is 0.184. The van der Waals surface area contributed by atoms with Gasteiger partial charge in [0.1, 0.15) is 11.6 Å². The first-order valence-electron chi connectivity index (χ1n) is 6.10. The molecule has 0 radical (unpaired) electrons. The highest BCUT2D eigenvalue weighted by Gasteiger charge is 2.15. The van der Waals surface area contributed by atoms with Crippen molar-refractivity contribution >= 4 is 23.4 Å². The van der Waals surface area contributed by atoms with Crippen LogP contribution in [0.1, 0.15) is 11.6 Å². The summed E-state index contributed by atoms with van der Waals surface area (Å²) in [4.78, 5) is 1.05. The molecule has 1 atom stereocenters. The Labute approximate surface area is 126 Å². The third kappa shape index (κ3) is 3.95. The second-order valence-electron chi connectivity index (χ2n) is 4.27. The number of benzene rings is 2. The molecule has 5 heteroatoms. The molecule has 1 N–H and O–H groups in total. The summed E-state index contributed by atoms with van der Waals surface area (Å²) in [6.45, 7) is 0. The largest absolute Gasteiger partial charge is 0.312 e. The van der Waals surface area contributed by atoms with Gasteiger partial charge in [-0.15, -0.1) is 11.8 Å². The molecule has 0 saturated heterocycles. The number of hydrogen-bond acceptors (Lipinski definition) is 2. The highest BCUT2D eigenvalue weighted by molar-refractivity contribution is 7.99. The quantitative estimate of drug-likeness (QED) is 0.805. The maximum absolute atomic E-state index is 13.8. The van der Waals surface area contributed by atoms with Gasteiger partial charge < -0.3 is 5.32 Å². The minimum atomic E-state index is -0.563. The van der Waals surface area contributed by atoms with Crippen LogP contribution in [0.3, 0.4) is 0 Å². The average Bonchev–Trinajstić information content (AvgIpc) is 2.43. The topological polar surface area (TPSA) is 12.0 Å². The van der Waals surface area contributed by atoms with Gasteiger partial charge in [0.15, 0.2) is 0 Å². The predicted octanol–water partition coefficient (Wildman–Crippen LogP) is 4.67. The van der Waals surface area contributed by atoms with Crippen molar-refractivity contribution in [2.24, 2.45) is 0 Å². The van der Waals surface area contributed by atoms with E-state index in [-0.39, 0.29) is 6.04 Å². The van der Waals surface area contributed by atoms with Crippen molar-refractivity contribution in [3.05, 3.63) is 64.7 Å². The van der Waals surface area contributed by atoms with Gasteiger partial charge in [-0.05, 0) is 37.4 Å². The van der Waals surface area contributed by atoms with Crippen LogP contribution in [0.4, 0.5) is 8.78 Å². The van der Waals surface area contributed by atoms with Gasteiger partial charge in [-0.2, -0.15) is 0 Å². The summed E-state index contributed by atoms with van der Waals surface area (Å²) in [5, 5.41) is 3.74. The van der Waals surface area contributed by atoms with Crippen molar-refractivity contribution in [1.82, 2.24) is 5.32 Å². The minimum Gasteiger partial charge on any atom is -0.312 e. The van der Waals surface area contributed by atoms with E-state index in [9.17, 15) is 8.78 Å². The fourth-order valence-electron chi connectivity index (χ4n) is 1.82. The first kappa shape index (κ1) is 15.3. The van der Waals surface area contributed by atoms with E-state index in [0.717, 1.165) is 11.0 Å². The molecule has 2 aromatic carbocycles. The summed E-state index contributed by atoms with van der Waals surface area (Å²) in [5.74, 6) is -0.451. The Bertz CT molecular complexity index is 575. The SMILES string of the molecule is CNC(CSc1ccc(Cl)cc1)c1ccc(F)cc1F. The smallest absolute Gasteiger partial charge is 0.130 e. The lowest BCUT2D eigenvalue weighted by Crippen LogP contribution is -2.20. The molecule has 0 aliphatic carbocycles. The average molecular weight is 314 g/mol. The van der Waals surface area contributed by atoms with Gasteiger partial charge in [0, 0.05) is 33.3 Å². The van der Waals surface area contributed by atoms with E-state index >= 15 is 0 Å². The zero-order chi connectivity index (χ0) is 14.5. The van der Waals surface area contributed by atoms with Gasteiger partial charge in [0.05, 0.1) is 0 Å². The third-order valence-electron chi connectivity index (χ3n) is 2.92. The molecule has 0 bridgehead atoms. The van der Waals surface area contributed by atoms with E-state index in [4.69, 9.17) is 11.6 Å². The molecule has 2 rings (SSSR count). The Hall–Kier alpha value is -1.10. The lowest BCUT2D eigenvalue weighted by Gasteiger charge is -2.17. The van der Waals surface area contributed by atoms with Crippen molar-refractivity contribution in [2.75, 3.05) is 12.8 Å². The van der Waals surface area contributed by atoms with Gasteiger partial charge in [-0.25, -0.2) is 8.78 Å². The Morgan fingerprint density at radius 1 is 1.15 bits per heavy atom. The van der Waals surface area contributed by atoms with Crippen LogP contribution in [-0.2, 0) is 0 Å². The molecule has 0 heterocycles. The molecule has 0 amide bonds. The zero-order valence-corrected chi connectivity index (χ0v) is 12.4. The van der Waals surface area contributed by atoms with Crippen molar-refractivity contribution in [1.29, 1.82) is 0 Å². The highest BCUT2D eigenvalue weighted by atomic mass is 35.5. The molecule has 0 fully saturated rings.